The van der Waals surface area contributed by atoms with Crippen molar-refractivity contribution in [2.24, 2.45) is 5.10 Å². The molecule has 2 N–H and O–H groups in total. The van der Waals surface area contributed by atoms with Crippen LogP contribution in [0.3, 0.4) is 0 Å². The Morgan fingerprint density at radius 1 is 0.933 bits per heavy atom. The van der Waals surface area contributed by atoms with Gasteiger partial charge < -0.3 is 9.84 Å². The molecule has 148 valence electrons. The van der Waals surface area contributed by atoms with E-state index >= 15 is 0 Å². The number of aromatic nitrogens is 1. The maximum atomic E-state index is 9.92. The highest BCUT2D eigenvalue weighted by atomic mass is 16.5. The van der Waals surface area contributed by atoms with E-state index in [2.05, 4.69) is 10.5 Å². The Bertz CT molecular complexity index is 1220. The van der Waals surface area contributed by atoms with Crippen molar-refractivity contribution in [1.29, 1.82) is 0 Å². The first-order valence-corrected chi connectivity index (χ1v) is 9.52. The number of rotatable bonds is 6. The first-order chi connectivity index (χ1) is 14.7. The number of methoxy groups -OCH3 is 1. The van der Waals surface area contributed by atoms with Crippen LogP contribution in [0.2, 0.25) is 0 Å². The highest BCUT2D eigenvalue weighted by Crippen LogP contribution is 2.28. The molecule has 0 aliphatic rings. The van der Waals surface area contributed by atoms with Gasteiger partial charge in [0.2, 0.25) is 0 Å². The van der Waals surface area contributed by atoms with Crippen LogP contribution in [-0.2, 0) is 0 Å². The summed E-state index contributed by atoms with van der Waals surface area (Å²) in [5, 5.41) is 15.1. The number of phenolic OH excluding ortho intramolecular Hbond substituents is 1. The molecule has 0 aliphatic heterocycles. The lowest BCUT2D eigenvalue weighted by atomic mass is 10.1. The van der Waals surface area contributed by atoms with Crippen molar-refractivity contribution in [3.63, 3.8) is 0 Å². The van der Waals surface area contributed by atoms with E-state index in [-0.39, 0.29) is 5.75 Å². The molecule has 0 unspecified atom stereocenters. The Morgan fingerprint density at radius 2 is 1.73 bits per heavy atom. The quantitative estimate of drug-likeness (QED) is 0.331. The Balaban J connectivity index is 1.69. The fourth-order valence-corrected chi connectivity index (χ4v) is 3.04. The minimum absolute atomic E-state index is 0.177. The first-order valence-electron chi connectivity index (χ1n) is 9.52. The van der Waals surface area contributed by atoms with Crippen LogP contribution < -0.4 is 10.2 Å². The summed E-state index contributed by atoms with van der Waals surface area (Å²) in [6, 6.07) is 24.8. The molecule has 1 aromatic heterocycles. The van der Waals surface area contributed by atoms with Gasteiger partial charge >= 0.3 is 0 Å². The lowest BCUT2D eigenvalue weighted by molar-refractivity contribution is 0.415. The number of hydrogen-bond donors (Lipinski definition) is 2. The minimum Gasteiger partial charge on any atom is -0.507 e. The molecule has 0 saturated heterocycles. The largest absolute Gasteiger partial charge is 0.507 e. The molecule has 0 aliphatic carbocycles. The maximum Gasteiger partial charge on any atom is 0.124 e. The number of benzene rings is 3. The van der Waals surface area contributed by atoms with E-state index in [1.807, 2.05) is 72.8 Å². The van der Waals surface area contributed by atoms with Gasteiger partial charge in [-0.1, -0.05) is 48.5 Å². The monoisotopic (exact) mass is 395 g/mol. The third-order valence-electron chi connectivity index (χ3n) is 4.61. The number of phenols is 1. The first kappa shape index (κ1) is 19.2. The topological polar surface area (TPSA) is 66.7 Å². The Kier molecular flexibility index (Phi) is 5.71. The summed E-state index contributed by atoms with van der Waals surface area (Å²) in [6.45, 7) is 0. The normalized spacial score (nSPS) is 11.4. The molecule has 0 fully saturated rings. The number of hydrazone groups is 1. The van der Waals surface area contributed by atoms with Crippen LogP contribution in [0.1, 0.15) is 16.8 Å². The lowest BCUT2D eigenvalue weighted by Gasteiger charge is -2.09. The molecule has 5 nitrogen and oxygen atoms in total. The summed E-state index contributed by atoms with van der Waals surface area (Å²) in [4.78, 5) is 4.73. The van der Waals surface area contributed by atoms with Crippen LogP contribution in [0.25, 0.3) is 23.1 Å². The number of fused-ring (bicyclic) bond motifs is 1. The zero-order valence-electron chi connectivity index (χ0n) is 16.5. The van der Waals surface area contributed by atoms with E-state index < -0.39 is 0 Å². The third kappa shape index (κ3) is 4.47. The van der Waals surface area contributed by atoms with Gasteiger partial charge in [0, 0.05) is 10.9 Å². The number of nitrogens with zero attached hydrogens (tertiary/aromatic N) is 2. The average Bonchev–Trinajstić information content (AvgIpc) is 2.79. The van der Waals surface area contributed by atoms with Gasteiger partial charge in [0.1, 0.15) is 11.5 Å². The summed E-state index contributed by atoms with van der Waals surface area (Å²) >= 11 is 0. The summed E-state index contributed by atoms with van der Waals surface area (Å²) in [7, 11) is 1.63. The Morgan fingerprint density at radius 3 is 2.53 bits per heavy atom. The second-order valence-electron chi connectivity index (χ2n) is 6.65. The van der Waals surface area contributed by atoms with E-state index in [9.17, 15) is 5.11 Å². The van der Waals surface area contributed by atoms with E-state index in [4.69, 9.17) is 9.72 Å². The van der Waals surface area contributed by atoms with E-state index in [1.54, 1.807) is 31.5 Å². The summed E-state index contributed by atoms with van der Waals surface area (Å²) in [5.41, 5.74) is 7.23. The van der Waals surface area contributed by atoms with E-state index in [0.29, 0.717) is 5.56 Å². The average molecular weight is 395 g/mol. The molecule has 30 heavy (non-hydrogen) atoms. The Labute approximate surface area is 175 Å². The molecule has 5 heteroatoms. The fourth-order valence-electron chi connectivity index (χ4n) is 3.04. The molecule has 3 aromatic carbocycles. The minimum atomic E-state index is 0.177. The second-order valence-corrected chi connectivity index (χ2v) is 6.65. The van der Waals surface area contributed by atoms with Crippen molar-refractivity contribution in [3.8, 4) is 11.5 Å². The summed E-state index contributed by atoms with van der Waals surface area (Å²) in [6.07, 6.45) is 5.57. The molecule has 1 heterocycles. The van der Waals surface area contributed by atoms with Crippen LogP contribution in [-0.4, -0.2) is 23.4 Å². The standard InChI is InChI=1S/C25H21N3O2/c1-30-21-13-14-23-22(16-21)24(28-26-17-19-9-5-6-10-25(19)29)15-20(27-23)12-11-18-7-3-2-4-8-18/h2-17,29H,1H3,(H,27,28)/b12-11+,26-17-. The van der Waals surface area contributed by atoms with Crippen molar-refractivity contribution >= 4 is 35.0 Å². The van der Waals surface area contributed by atoms with Crippen LogP contribution >= 0.6 is 0 Å². The van der Waals surface area contributed by atoms with E-state index in [0.717, 1.165) is 33.6 Å². The zero-order chi connectivity index (χ0) is 20.8. The summed E-state index contributed by atoms with van der Waals surface area (Å²) in [5.74, 6) is 0.917. The van der Waals surface area contributed by atoms with Crippen LogP contribution in [0.4, 0.5) is 5.69 Å². The number of para-hydroxylation sites is 1. The van der Waals surface area contributed by atoms with Gasteiger partial charge in [-0.25, -0.2) is 4.98 Å². The highest BCUT2D eigenvalue weighted by Gasteiger charge is 2.06. The molecule has 4 rings (SSSR count). The molecule has 4 aromatic rings. The van der Waals surface area contributed by atoms with Gasteiger partial charge in [0.05, 0.1) is 30.2 Å². The van der Waals surface area contributed by atoms with E-state index in [1.165, 1.54) is 0 Å². The molecule has 0 atom stereocenters. The zero-order valence-corrected chi connectivity index (χ0v) is 16.5. The van der Waals surface area contributed by atoms with Crippen LogP contribution in [0.5, 0.6) is 11.5 Å². The number of nitrogens with one attached hydrogen (secondary N) is 1. The van der Waals surface area contributed by atoms with Crippen molar-refractivity contribution in [2.45, 2.75) is 0 Å². The molecular formula is C25H21N3O2. The highest BCUT2D eigenvalue weighted by molar-refractivity contribution is 5.94. The van der Waals surface area contributed by atoms with Gasteiger partial charge in [-0.15, -0.1) is 0 Å². The number of ether oxygens (including phenoxy) is 1. The van der Waals surface area contributed by atoms with Gasteiger partial charge in [0.15, 0.2) is 0 Å². The van der Waals surface area contributed by atoms with Gasteiger partial charge in [0.25, 0.3) is 0 Å². The predicted molar refractivity (Wildman–Crippen MR) is 123 cm³/mol. The third-order valence-corrected chi connectivity index (χ3v) is 4.61. The molecule has 0 radical (unpaired) electrons. The van der Waals surface area contributed by atoms with Crippen molar-refractivity contribution in [1.82, 2.24) is 4.98 Å². The van der Waals surface area contributed by atoms with Crippen molar-refractivity contribution in [2.75, 3.05) is 12.5 Å². The molecule has 0 spiro atoms. The van der Waals surface area contributed by atoms with Crippen molar-refractivity contribution in [3.05, 3.63) is 95.7 Å². The number of aromatic hydroxyl groups is 1. The lowest BCUT2D eigenvalue weighted by Crippen LogP contribution is -1.96. The van der Waals surface area contributed by atoms with Gasteiger partial charge in [-0.2, -0.15) is 5.10 Å². The SMILES string of the molecule is COc1ccc2nc(/C=C/c3ccccc3)cc(N/N=C\c3ccccc3O)c2c1. The summed E-state index contributed by atoms with van der Waals surface area (Å²) < 4.78 is 5.36. The number of anilines is 1. The predicted octanol–water partition coefficient (Wildman–Crippen LogP) is 5.57. The van der Waals surface area contributed by atoms with Gasteiger partial charge in [-0.3, -0.25) is 5.43 Å². The number of hydrogen-bond acceptors (Lipinski definition) is 5. The molecule has 0 bridgehead atoms. The molecule has 0 amide bonds. The number of pyridine rings is 1. The Hall–Kier alpha value is -4.12. The smallest absolute Gasteiger partial charge is 0.124 e. The van der Waals surface area contributed by atoms with Gasteiger partial charge in [-0.05, 0) is 48.0 Å². The van der Waals surface area contributed by atoms with Crippen LogP contribution in [0.15, 0.2) is 84.0 Å². The van der Waals surface area contributed by atoms with Crippen molar-refractivity contribution < 1.29 is 9.84 Å². The maximum absolute atomic E-state index is 9.92. The van der Waals surface area contributed by atoms with Crippen LogP contribution in [0, 0.1) is 0 Å². The fraction of sp³-hybridized carbons (Fsp3) is 0.0400. The molecule has 0 saturated carbocycles. The molecular weight excluding hydrogens is 374 g/mol. The second kappa shape index (κ2) is 8.92.